The van der Waals surface area contributed by atoms with Crippen molar-refractivity contribution in [3.63, 3.8) is 0 Å². The summed E-state index contributed by atoms with van der Waals surface area (Å²) in [7, 11) is 0. The second kappa shape index (κ2) is 10.7. The molecule has 0 radical (unpaired) electrons. The highest BCUT2D eigenvalue weighted by atomic mass is 16.2. The molecule has 0 unspecified atom stereocenters. The number of hydrogen-bond acceptors (Lipinski definition) is 2. The molecule has 0 atom stereocenters. The second-order valence-electron chi connectivity index (χ2n) is 6.04. The maximum atomic E-state index is 11.9. The van der Waals surface area contributed by atoms with E-state index in [0.29, 0.717) is 6.54 Å². The molecular weight excluding hydrogens is 252 g/mol. The molecule has 0 saturated carbocycles. The highest BCUT2D eigenvalue weighted by Crippen LogP contribution is 2.08. The topological polar surface area (TPSA) is 58.2 Å². The summed E-state index contributed by atoms with van der Waals surface area (Å²) in [6.45, 7) is 7.78. The number of nitrogens with one attached hydrogen (secondary N) is 2. The number of hydrogen-bond donors (Lipinski definition) is 2. The molecule has 0 spiro atoms. The summed E-state index contributed by atoms with van der Waals surface area (Å²) >= 11 is 0. The molecule has 0 heterocycles. The Morgan fingerprint density at radius 3 is 1.90 bits per heavy atom. The van der Waals surface area contributed by atoms with Crippen LogP contribution in [0.2, 0.25) is 0 Å². The van der Waals surface area contributed by atoms with Gasteiger partial charge in [0, 0.05) is 13.5 Å². The Balaban J connectivity index is 3.55. The minimum Gasteiger partial charge on any atom is -0.354 e. The largest absolute Gasteiger partial charge is 0.354 e. The van der Waals surface area contributed by atoms with Crippen molar-refractivity contribution >= 4 is 11.8 Å². The predicted octanol–water partition coefficient (Wildman–Crippen LogP) is 3.16. The third-order valence-electron chi connectivity index (χ3n) is 3.37. The fourth-order valence-corrected chi connectivity index (χ4v) is 2.18. The van der Waals surface area contributed by atoms with Crippen LogP contribution >= 0.6 is 0 Å². The van der Waals surface area contributed by atoms with E-state index in [1.807, 2.05) is 0 Å². The summed E-state index contributed by atoms with van der Waals surface area (Å²) in [5.41, 5.74) is -0.827. The number of amides is 2. The van der Waals surface area contributed by atoms with E-state index in [9.17, 15) is 9.59 Å². The van der Waals surface area contributed by atoms with E-state index in [1.165, 1.54) is 45.4 Å². The van der Waals surface area contributed by atoms with Crippen molar-refractivity contribution in [3.05, 3.63) is 0 Å². The lowest BCUT2D eigenvalue weighted by Gasteiger charge is -2.24. The summed E-state index contributed by atoms with van der Waals surface area (Å²) in [6.07, 6.45) is 10.0. The summed E-state index contributed by atoms with van der Waals surface area (Å²) in [5.74, 6) is -0.298. The highest BCUT2D eigenvalue weighted by molar-refractivity contribution is 5.89. The Labute approximate surface area is 124 Å². The van der Waals surface area contributed by atoms with Gasteiger partial charge in [-0.15, -0.1) is 0 Å². The summed E-state index contributed by atoms with van der Waals surface area (Å²) in [6, 6.07) is 0. The van der Waals surface area contributed by atoms with Crippen molar-refractivity contribution in [2.45, 2.75) is 84.6 Å². The molecule has 2 amide bonds. The van der Waals surface area contributed by atoms with E-state index in [0.717, 1.165) is 12.8 Å². The number of rotatable bonds is 11. The molecule has 2 N–H and O–H groups in total. The molecule has 0 aliphatic heterocycles. The first kappa shape index (κ1) is 18.9. The predicted molar refractivity (Wildman–Crippen MR) is 83.5 cm³/mol. The minimum atomic E-state index is -0.827. The molecule has 0 fully saturated rings. The number of carbonyl (C=O) groups excluding carboxylic acids is 2. The van der Waals surface area contributed by atoms with Gasteiger partial charge in [-0.3, -0.25) is 9.59 Å². The normalized spacial score (nSPS) is 11.2. The van der Waals surface area contributed by atoms with Gasteiger partial charge >= 0.3 is 0 Å². The molecule has 0 aliphatic carbocycles. The average Bonchev–Trinajstić information content (AvgIpc) is 2.35. The van der Waals surface area contributed by atoms with Crippen LogP contribution in [0.1, 0.15) is 79.1 Å². The molecule has 0 aromatic carbocycles. The van der Waals surface area contributed by atoms with Crippen molar-refractivity contribution in [2.75, 3.05) is 6.54 Å². The van der Waals surface area contributed by atoms with Gasteiger partial charge in [0.25, 0.3) is 0 Å². The van der Waals surface area contributed by atoms with Crippen LogP contribution in [0.4, 0.5) is 0 Å². The van der Waals surface area contributed by atoms with Crippen LogP contribution in [0.3, 0.4) is 0 Å². The zero-order valence-corrected chi connectivity index (χ0v) is 13.7. The second-order valence-corrected chi connectivity index (χ2v) is 6.04. The quantitative estimate of drug-likeness (QED) is 0.573. The Morgan fingerprint density at radius 1 is 0.900 bits per heavy atom. The lowest BCUT2D eigenvalue weighted by atomic mass is 10.0. The third kappa shape index (κ3) is 9.82. The lowest BCUT2D eigenvalue weighted by Crippen LogP contribution is -2.54. The average molecular weight is 284 g/mol. The monoisotopic (exact) mass is 284 g/mol. The summed E-state index contributed by atoms with van der Waals surface area (Å²) < 4.78 is 0. The van der Waals surface area contributed by atoms with Gasteiger partial charge in [0.05, 0.1) is 0 Å². The van der Waals surface area contributed by atoms with E-state index >= 15 is 0 Å². The van der Waals surface area contributed by atoms with Crippen LogP contribution in [-0.4, -0.2) is 23.9 Å². The van der Waals surface area contributed by atoms with Crippen LogP contribution in [0, 0.1) is 0 Å². The van der Waals surface area contributed by atoms with E-state index in [2.05, 4.69) is 17.6 Å². The SMILES string of the molecule is CCCCCCCCCCNC(=O)C(C)(C)NC(C)=O. The van der Waals surface area contributed by atoms with E-state index < -0.39 is 5.54 Å². The maximum Gasteiger partial charge on any atom is 0.245 e. The van der Waals surface area contributed by atoms with Gasteiger partial charge in [-0.25, -0.2) is 0 Å². The molecule has 118 valence electrons. The number of unbranched alkanes of at least 4 members (excludes halogenated alkanes) is 7. The molecule has 0 saturated heterocycles. The Bertz CT molecular complexity index is 288. The smallest absolute Gasteiger partial charge is 0.245 e. The van der Waals surface area contributed by atoms with Crippen LogP contribution in [0.5, 0.6) is 0 Å². The van der Waals surface area contributed by atoms with Crippen LogP contribution in [0.25, 0.3) is 0 Å². The van der Waals surface area contributed by atoms with Gasteiger partial charge in [0.15, 0.2) is 0 Å². The van der Waals surface area contributed by atoms with Crippen LogP contribution < -0.4 is 10.6 Å². The van der Waals surface area contributed by atoms with E-state index in [-0.39, 0.29) is 11.8 Å². The van der Waals surface area contributed by atoms with Gasteiger partial charge in [0.1, 0.15) is 5.54 Å². The number of carbonyl (C=O) groups is 2. The standard InChI is InChI=1S/C16H32N2O2/c1-5-6-7-8-9-10-11-12-13-17-15(20)16(3,4)18-14(2)19/h5-13H2,1-4H3,(H,17,20)(H,18,19). The molecule has 0 bridgehead atoms. The molecule has 0 aromatic heterocycles. The summed E-state index contributed by atoms with van der Waals surface area (Å²) in [4.78, 5) is 22.9. The molecular formula is C16H32N2O2. The molecule has 0 aliphatic rings. The molecule has 4 heteroatoms. The van der Waals surface area contributed by atoms with Crippen molar-refractivity contribution < 1.29 is 9.59 Å². The van der Waals surface area contributed by atoms with Crippen molar-refractivity contribution in [3.8, 4) is 0 Å². The van der Waals surface area contributed by atoms with E-state index in [4.69, 9.17) is 0 Å². The van der Waals surface area contributed by atoms with Gasteiger partial charge in [-0.1, -0.05) is 51.9 Å². The molecule has 0 rings (SSSR count). The zero-order valence-electron chi connectivity index (χ0n) is 13.7. The molecule has 20 heavy (non-hydrogen) atoms. The van der Waals surface area contributed by atoms with Gasteiger partial charge in [0.2, 0.25) is 11.8 Å². The van der Waals surface area contributed by atoms with Gasteiger partial charge < -0.3 is 10.6 Å². The molecule has 0 aromatic rings. The van der Waals surface area contributed by atoms with Gasteiger partial charge in [-0.2, -0.15) is 0 Å². The Morgan fingerprint density at radius 2 is 1.40 bits per heavy atom. The maximum absolute atomic E-state index is 11.9. The lowest BCUT2D eigenvalue weighted by molar-refractivity contribution is -0.131. The Kier molecular flexibility index (Phi) is 10.1. The summed E-state index contributed by atoms with van der Waals surface area (Å²) in [5, 5.41) is 5.53. The fraction of sp³-hybridized carbons (Fsp3) is 0.875. The van der Waals surface area contributed by atoms with Gasteiger partial charge in [-0.05, 0) is 20.3 Å². The van der Waals surface area contributed by atoms with Crippen molar-refractivity contribution in [1.29, 1.82) is 0 Å². The Hall–Kier alpha value is -1.06. The highest BCUT2D eigenvalue weighted by Gasteiger charge is 2.27. The van der Waals surface area contributed by atoms with Crippen molar-refractivity contribution in [1.82, 2.24) is 10.6 Å². The first-order chi connectivity index (χ1) is 9.40. The van der Waals surface area contributed by atoms with Crippen LogP contribution in [0.15, 0.2) is 0 Å². The first-order valence-electron chi connectivity index (χ1n) is 7.97. The van der Waals surface area contributed by atoms with E-state index in [1.54, 1.807) is 13.8 Å². The van der Waals surface area contributed by atoms with Crippen molar-refractivity contribution in [2.24, 2.45) is 0 Å². The zero-order chi connectivity index (χ0) is 15.4. The fourth-order valence-electron chi connectivity index (χ4n) is 2.18. The molecule has 4 nitrogen and oxygen atoms in total. The minimum absolute atomic E-state index is 0.115. The third-order valence-corrected chi connectivity index (χ3v) is 3.37. The van der Waals surface area contributed by atoms with Crippen LogP contribution in [-0.2, 0) is 9.59 Å². The first-order valence-corrected chi connectivity index (χ1v) is 7.97.